The number of amides is 1. The van der Waals surface area contributed by atoms with Gasteiger partial charge in [0.05, 0.1) is 13.1 Å². The average Bonchev–Trinajstić information content (AvgIpc) is 3.16. The fourth-order valence-corrected chi connectivity index (χ4v) is 3.43. The number of likely N-dealkylation sites (N-methyl/N-ethyl adjacent to an activating group) is 1. The normalized spacial score (nSPS) is 18.5. The van der Waals surface area contributed by atoms with E-state index < -0.39 is 18.4 Å². The van der Waals surface area contributed by atoms with Gasteiger partial charge in [-0.25, -0.2) is 8.78 Å². The summed E-state index contributed by atoms with van der Waals surface area (Å²) in [6, 6.07) is 5.22. The molecule has 1 aromatic carbocycles. The van der Waals surface area contributed by atoms with E-state index >= 15 is 0 Å². The van der Waals surface area contributed by atoms with E-state index in [1.54, 1.807) is 39.2 Å². The fourth-order valence-electron chi connectivity index (χ4n) is 3.43. The van der Waals surface area contributed by atoms with E-state index in [1.165, 1.54) is 0 Å². The van der Waals surface area contributed by atoms with Gasteiger partial charge in [-0.1, -0.05) is 17.3 Å². The van der Waals surface area contributed by atoms with Crippen LogP contribution in [0.5, 0.6) is 0 Å². The lowest BCUT2D eigenvalue weighted by Crippen LogP contribution is -2.51. The third-order valence-corrected chi connectivity index (χ3v) is 4.97. The van der Waals surface area contributed by atoms with Gasteiger partial charge in [0.1, 0.15) is 5.92 Å². The highest BCUT2D eigenvalue weighted by Gasteiger charge is 2.49. The molecular formula is C19H24F2N6O2. The summed E-state index contributed by atoms with van der Waals surface area (Å²) < 4.78 is 34.6. The van der Waals surface area contributed by atoms with Crippen molar-refractivity contribution in [1.29, 1.82) is 5.41 Å². The van der Waals surface area contributed by atoms with Gasteiger partial charge in [0.25, 0.3) is 5.92 Å². The third kappa shape index (κ3) is 4.26. The van der Waals surface area contributed by atoms with Crippen LogP contribution in [-0.2, 0) is 4.79 Å². The number of nitrogens with one attached hydrogen (secondary N) is 3. The van der Waals surface area contributed by atoms with Gasteiger partial charge in [-0.3, -0.25) is 4.79 Å². The average molecular weight is 406 g/mol. The largest absolute Gasteiger partial charge is 0.388 e. The summed E-state index contributed by atoms with van der Waals surface area (Å²) in [6.45, 7) is 1.23. The van der Waals surface area contributed by atoms with Crippen molar-refractivity contribution in [2.45, 2.75) is 25.2 Å². The van der Waals surface area contributed by atoms with Crippen molar-refractivity contribution in [2.75, 3.05) is 39.0 Å². The number of anilines is 1. The Kier molecular flexibility index (Phi) is 5.92. The molecule has 1 fully saturated rings. The molecule has 3 N–H and O–H groups in total. The number of aromatic nitrogens is 2. The lowest BCUT2D eigenvalue weighted by atomic mass is 9.92. The molecular weight excluding hydrogens is 382 g/mol. The van der Waals surface area contributed by atoms with E-state index in [9.17, 15) is 13.6 Å². The summed E-state index contributed by atoms with van der Waals surface area (Å²) in [5, 5.41) is 17.4. The quantitative estimate of drug-likeness (QED) is 0.636. The molecule has 1 aromatic heterocycles. The molecule has 0 radical (unpaired) electrons. The van der Waals surface area contributed by atoms with Crippen molar-refractivity contribution in [3.63, 3.8) is 0 Å². The smallest absolute Gasteiger partial charge is 0.276 e. The molecule has 0 spiro atoms. The van der Waals surface area contributed by atoms with E-state index in [1.807, 2.05) is 0 Å². The number of alkyl halides is 2. The minimum Gasteiger partial charge on any atom is -0.388 e. The second kappa shape index (κ2) is 8.24. The van der Waals surface area contributed by atoms with Crippen LogP contribution >= 0.6 is 0 Å². The number of carbonyl (C=O) groups is 1. The summed E-state index contributed by atoms with van der Waals surface area (Å²) in [4.78, 5) is 17.3. The summed E-state index contributed by atoms with van der Waals surface area (Å²) in [7, 11) is 3.33. The molecule has 1 aliphatic heterocycles. The van der Waals surface area contributed by atoms with Crippen LogP contribution in [0.2, 0.25) is 0 Å². The number of piperidine rings is 1. The van der Waals surface area contributed by atoms with E-state index in [0.29, 0.717) is 17.0 Å². The van der Waals surface area contributed by atoms with Crippen molar-refractivity contribution in [1.82, 2.24) is 20.4 Å². The van der Waals surface area contributed by atoms with Crippen molar-refractivity contribution in [2.24, 2.45) is 0 Å². The van der Waals surface area contributed by atoms with Crippen LogP contribution in [0.1, 0.15) is 30.7 Å². The number of nitrogens with zero attached hydrogens (tertiary/aromatic N) is 3. The minimum absolute atomic E-state index is 0.0183. The van der Waals surface area contributed by atoms with Crippen molar-refractivity contribution in [3.05, 3.63) is 29.7 Å². The van der Waals surface area contributed by atoms with Gasteiger partial charge in [0, 0.05) is 36.1 Å². The Morgan fingerprint density at radius 3 is 2.79 bits per heavy atom. The molecule has 0 bridgehead atoms. The number of carbonyl (C=O) groups excluding carboxylic acids is 1. The van der Waals surface area contributed by atoms with Crippen LogP contribution in [-0.4, -0.2) is 66.3 Å². The Balaban J connectivity index is 1.81. The molecule has 0 aliphatic carbocycles. The maximum absolute atomic E-state index is 14.7. The van der Waals surface area contributed by atoms with Gasteiger partial charge in [-0.15, -0.1) is 0 Å². The van der Waals surface area contributed by atoms with Crippen molar-refractivity contribution >= 4 is 17.3 Å². The van der Waals surface area contributed by atoms with Gasteiger partial charge in [-0.2, -0.15) is 4.98 Å². The predicted octanol–water partition coefficient (Wildman–Crippen LogP) is 2.34. The standard InChI is InChI=1S/C19H24F2N6O2/c1-11(22)13-5-4-12(8-15(13)24-3)17-25-18(29-26-17)14-6-7-27(10-19(14,20)21)16(28)9-23-2/h4-5,8,14,22-24H,6-7,9-10H2,1-3H3. The summed E-state index contributed by atoms with van der Waals surface area (Å²) in [5.74, 6) is -4.70. The van der Waals surface area contributed by atoms with E-state index in [4.69, 9.17) is 9.93 Å². The van der Waals surface area contributed by atoms with E-state index in [-0.39, 0.29) is 37.1 Å². The SMILES string of the molecule is CNCC(=O)N1CCC(c2nc(-c3ccc(C(C)=N)c(NC)c3)no2)C(F)(F)C1. The Morgan fingerprint density at radius 1 is 1.41 bits per heavy atom. The van der Waals surface area contributed by atoms with Gasteiger partial charge >= 0.3 is 0 Å². The molecule has 1 unspecified atom stereocenters. The van der Waals surface area contributed by atoms with Crippen LogP contribution in [0.15, 0.2) is 22.7 Å². The topological polar surface area (TPSA) is 107 Å². The first-order valence-corrected chi connectivity index (χ1v) is 9.28. The first-order chi connectivity index (χ1) is 13.8. The zero-order valence-corrected chi connectivity index (χ0v) is 16.6. The summed E-state index contributed by atoms with van der Waals surface area (Å²) >= 11 is 0. The van der Waals surface area contributed by atoms with Crippen LogP contribution < -0.4 is 10.6 Å². The minimum atomic E-state index is -3.16. The monoisotopic (exact) mass is 406 g/mol. The molecule has 1 aliphatic rings. The number of hydrogen-bond acceptors (Lipinski definition) is 7. The van der Waals surface area contributed by atoms with Gasteiger partial charge in [-0.05, 0) is 26.5 Å². The second-order valence-corrected chi connectivity index (χ2v) is 7.04. The second-order valence-electron chi connectivity index (χ2n) is 7.04. The molecule has 2 heterocycles. The van der Waals surface area contributed by atoms with E-state index in [0.717, 1.165) is 10.5 Å². The molecule has 29 heavy (non-hydrogen) atoms. The lowest BCUT2D eigenvalue weighted by molar-refractivity contribution is -0.144. The van der Waals surface area contributed by atoms with Gasteiger partial charge < -0.3 is 25.5 Å². The maximum Gasteiger partial charge on any atom is 0.276 e. The van der Waals surface area contributed by atoms with Crippen LogP contribution in [0.4, 0.5) is 14.5 Å². The van der Waals surface area contributed by atoms with Crippen LogP contribution in [0.25, 0.3) is 11.4 Å². The van der Waals surface area contributed by atoms with Crippen LogP contribution in [0.3, 0.4) is 0 Å². The highest BCUT2D eigenvalue weighted by molar-refractivity contribution is 6.02. The number of likely N-dealkylation sites (tertiary alicyclic amines) is 1. The zero-order valence-electron chi connectivity index (χ0n) is 16.6. The van der Waals surface area contributed by atoms with Gasteiger partial charge in [0.15, 0.2) is 0 Å². The van der Waals surface area contributed by atoms with Crippen LogP contribution in [0, 0.1) is 5.41 Å². The number of hydrogen-bond donors (Lipinski definition) is 3. The summed E-state index contributed by atoms with van der Waals surface area (Å²) in [6.07, 6.45) is 0.0395. The molecule has 8 nitrogen and oxygen atoms in total. The molecule has 1 atom stereocenters. The number of benzene rings is 1. The third-order valence-electron chi connectivity index (χ3n) is 4.97. The number of halogens is 2. The first kappa shape index (κ1) is 20.8. The Bertz CT molecular complexity index is 914. The molecule has 156 valence electrons. The molecule has 0 saturated carbocycles. The highest BCUT2D eigenvalue weighted by atomic mass is 19.3. The Labute approximate surface area is 167 Å². The summed E-state index contributed by atoms with van der Waals surface area (Å²) in [5.41, 5.74) is 2.43. The fraction of sp³-hybridized carbons (Fsp3) is 0.474. The lowest BCUT2D eigenvalue weighted by Gasteiger charge is -2.36. The first-order valence-electron chi connectivity index (χ1n) is 9.28. The highest BCUT2D eigenvalue weighted by Crippen LogP contribution is 2.40. The predicted molar refractivity (Wildman–Crippen MR) is 105 cm³/mol. The Morgan fingerprint density at radius 2 is 2.17 bits per heavy atom. The van der Waals surface area contributed by atoms with Gasteiger partial charge in [0.2, 0.25) is 17.6 Å². The number of rotatable bonds is 6. The molecule has 10 heteroatoms. The molecule has 2 aromatic rings. The molecule has 1 saturated heterocycles. The van der Waals surface area contributed by atoms with Crippen molar-refractivity contribution in [3.8, 4) is 11.4 Å². The zero-order chi connectivity index (χ0) is 21.2. The van der Waals surface area contributed by atoms with Crippen molar-refractivity contribution < 1.29 is 18.1 Å². The molecule has 1 amide bonds. The molecule has 3 rings (SSSR count). The Hall–Kier alpha value is -2.88. The van der Waals surface area contributed by atoms with E-state index in [2.05, 4.69) is 20.8 Å². The maximum atomic E-state index is 14.7.